The second-order valence-electron chi connectivity index (χ2n) is 8.18. The molecule has 6 heteroatoms. The van der Waals surface area contributed by atoms with Gasteiger partial charge in [-0.25, -0.2) is 0 Å². The van der Waals surface area contributed by atoms with Crippen LogP contribution in [-0.4, -0.2) is 40.5 Å². The molecule has 2 fully saturated rings. The van der Waals surface area contributed by atoms with Crippen LogP contribution in [-0.2, 0) is 4.79 Å². The lowest BCUT2D eigenvalue weighted by molar-refractivity contribution is -0.122. The predicted octanol–water partition coefficient (Wildman–Crippen LogP) is 2.15. The predicted molar refractivity (Wildman–Crippen MR) is 103 cm³/mol. The van der Waals surface area contributed by atoms with E-state index < -0.39 is 0 Å². The normalized spacial score (nSPS) is 24.5. The number of hydrogen-bond acceptors (Lipinski definition) is 5. The molecule has 2 aliphatic rings. The summed E-state index contributed by atoms with van der Waals surface area (Å²) in [6.07, 6.45) is 7.11. The third-order valence-electron chi connectivity index (χ3n) is 5.58. The largest absolute Gasteiger partial charge is 0.367 e. The number of carbonyl (C=O) groups excluding carboxylic acids is 1. The molecule has 0 spiro atoms. The molecule has 0 bridgehead atoms. The first kappa shape index (κ1) is 17.2. The molecular weight excluding hydrogens is 326 g/mol. The van der Waals surface area contributed by atoms with Crippen LogP contribution < -0.4 is 16.0 Å². The molecule has 26 heavy (non-hydrogen) atoms. The Hall–Kier alpha value is -2.21. The van der Waals surface area contributed by atoms with E-state index in [2.05, 4.69) is 33.2 Å². The van der Waals surface area contributed by atoms with Gasteiger partial charge in [0, 0.05) is 42.7 Å². The number of fused-ring (bicyclic) bond motifs is 1. The minimum atomic E-state index is -0.243. The van der Waals surface area contributed by atoms with Crippen LogP contribution in [0.15, 0.2) is 24.5 Å². The molecule has 6 nitrogen and oxygen atoms in total. The van der Waals surface area contributed by atoms with Crippen molar-refractivity contribution in [1.82, 2.24) is 15.3 Å². The maximum Gasteiger partial charge on any atom is 0.222 e. The summed E-state index contributed by atoms with van der Waals surface area (Å²) in [6.45, 7) is 5.98. The highest BCUT2D eigenvalue weighted by Crippen LogP contribution is 2.35. The van der Waals surface area contributed by atoms with Crippen LogP contribution in [0.25, 0.3) is 10.9 Å². The average Bonchev–Trinajstić information content (AvgIpc) is 3.31. The number of aryl methyl sites for hydroxylation is 1. The fraction of sp³-hybridized carbons (Fsp3) is 0.550. The van der Waals surface area contributed by atoms with Gasteiger partial charge >= 0.3 is 0 Å². The van der Waals surface area contributed by atoms with E-state index in [1.165, 1.54) is 0 Å². The maximum atomic E-state index is 12.3. The summed E-state index contributed by atoms with van der Waals surface area (Å²) >= 11 is 0. The molecule has 0 radical (unpaired) electrons. The fourth-order valence-electron chi connectivity index (χ4n) is 4.03. The van der Waals surface area contributed by atoms with Crippen LogP contribution in [0.1, 0.15) is 38.3 Å². The highest BCUT2D eigenvalue weighted by atomic mass is 16.1. The number of amides is 1. The lowest BCUT2D eigenvalue weighted by Gasteiger charge is -2.38. The molecule has 4 rings (SSSR count). The Kier molecular flexibility index (Phi) is 4.31. The minimum absolute atomic E-state index is 0.0811. The molecule has 1 amide bonds. The van der Waals surface area contributed by atoms with E-state index in [4.69, 9.17) is 5.73 Å². The lowest BCUT2D eigenvalue weighted by atomic mass is 9.94. The van der Waals surface area contributed by atoms with Gasteiger partial charge in [0.05, 0.1) is 23.1 Å². The second kappa shape index (κ2) is 6.50. The van der Waals surface area contributed by atoms with Crippen molar-refractivity contribution in [2.45, 2.75) is 51.1 Å². The zero-order valence-corrected chi connectivity index (χ0v) is 15.5. The second-order valence-corrected chi connectivity index (χ2v) is 8.18. The van der Waals surface area contributed by atoms with Crippen molar-refractivity contribution < 1.29 is 4.79 Å². The molecular formula is C20H27N5O. The smallest absolute Gasteiger partial charge is 0.222 e. The zero-order valence-electron chi connectivity index (χ0n) is 15.5. The maximum absolute atomic E-state index is 12.3. The molecule has 0 aromatic carbocycles. The van der Waals surface area contributed by atoms with Gasteiger partial charge in [-0.1, -0.05) is 6.92 Å². The molecule has 0 unspecified atom stereocenters. The molecule has 1 aliphatic carbocycles. The van der Waals surface area contributed by atoms with E-state index in [9.17, 15) is 4.79 Å². The Bertz CT molecular complexity index is 832. The zero-order chi connectivity index (χ0) is 18.3. The van der Waals surface area contributed by atoms with Crippen LogP contribution in [0.4, 0.5) is 5.69 Å². The topological polar surface area (TPSA) is 84.1 Å². The molecule has 2 aromatic rings. The molecule has 3 heterocycles. The Morgan fingerprint density at radius 3 is 2.96 bits per heavy atom. The van der Waals surface area contributed by atoms with Crippen LogP contribution in [0.2, 0.25) is 0 Å². The Balaban J connectivity index is 1.53. The fourth-order valence-corrected chi connectivity index (χ4v) is 4.03. The van der Waals surface area contributed by atoms with Crippen molar-refractivity contribution in [3.05, 3.63) is 30.2 Å². The number of nitrogens with zero attached hydrogens (tertiary/aromatic N) is 3. The first-order valence-corrected chi connectivity index (χ1v) is 9.47. The van der Waals surface area contributed by atoms with Gasteiger partial charge in [0.1, 0.15) is 0 Å². The van der Waals surface area contributed by atoms with Gasteiger partial charge < -0.3 is 16.0 Å². The summed E-state index contributed by atoms with van der Waals surface area (Å²) in [5.74, 6) is 0.576. The lowest BCUT2D eigenvalue weighted by Crippen LogP contribution is -2.51. The Morgan fingerprint density at radius 2 is 2.19 bits per heavy atom. The number of aromatic nitrogens is 2. The van der Waals surface area contributed by atoms with Gasteiger partial charge in [0.2, 0.25) is 5.91 Å². The number of anilines is 1. The van der Waals surface area contributed by atoms with Gasteiger partial charge in [0.15, 0.2) is 0 Å². The van der Waals surface area contributed by atoms with Gasteiger partial charge in [0.25, 0.3) is 0 Å². The van der Waals surface area contributed by atoms with Gasteiger partial charge in [-0.05, 0) is 44.2 Å². The number of nitrogens with two attached hydrogens (primary N) is 1. The van der Waals surface area contributed by atoms with Crippen molar-refractivity contribution in [3.63, 3.8) is 0 Å². The van der Waals surface area contributed by atoms with Crippen molar-refractivity contribution in [2.24, 2.45) is 11.7 Å². The van der Waals surface area contributed by atoms with E-state index in [1.54, 1.807) is 0 Å². The summed E-state index contributed by atoms with van der Waals surface area (Å²) in [5.41, 5.74) is 8.83. The summed E-state index contributed by atoms with van der Waals surface area (Å²) in [5, 5.41) is 4.33. The molecule has 1 saturated carbocycles. The van der Waals surface area contributed by atoms with E-state index in [1.807, 2.05) is 25.4 Å². The highest BCUT2D eigenvalue weighted by Gasteiger charge is 2.40. The number of rotatable bonds is 4. The first-order chi connectivity index (χ1) is 12.4. The molecule has 1 saturated heterocycles. The van der Waals surface area contributed by atoms with Crippen molar-refractivity contribution >= 4 is 22.5 Å². The molecule has 1 aliphatic heterocycles. The highest BCUT2D eigenvalue weighted by molar-refractivity contribution is 5.92. The molecule has 2 atom stereocenters. The van der Waals surface area contributed by atoms with Crippen LogP contribution in [0.3, 0.4) is 0 Å². The Morgan fingerprint density at radius 1 is 1.38 bits per heavy atom. The third kappa shape index (κ3) is 3.51. The number of pyridine rings is 2. The summed E-state index contributed by atoms with van der Waals surface area (Å²) in [4.78, 5) is 23.7. The summed E-state index contributed by atoms with van der Waals surface area (Å²) in [6, 6.07) is 4.21. The quantitative estimate of drug-likeness (QED) is 0.880. The molecule has 138 valence electrons. The molecule has 2 aromatic heterocycles. The monoisotopic (exact) mass is 353 g/mol. The van der Waals surface area contributed by atoms with Gasteiger partial charge in [-0.3, -0.25) is 14.8 Å². The Labute approximate surface area is 154 Å². The van der Waals surface area contributed by atoms with Crippen molar-refractivity contribution in [2.75, 3.05) is 18.0 Å². The van der Waals surface area contributed by atoms with E-state index in [0.29, 0.717) is 12.3 Å². The summed E-state index contributed by atoms with van der Waals surface area (Å²) in [7, 11) is 0. The van der Waals surface area contributed by atoms with Crippen LogP contribution in [0, 0.1) is 12.8 Å². The van der Waals surface area contributed by atoms with E-state index in [0.717, 1.165) is 54.6 Å². The van der Waals surface area contributed by atoms with Gasteiger partial charge in [-0.15, -0.1) is 0 Å². The standard InChI is InChI=1S/C20H27N5O/c1-13-8-15(24-18(26)9-20(21)5-6-20)12-25(11-13)17-10-23-14(2)19-16(17)4-3-7-22-19/h3-4,7,10,13,15H,5-6,8-9,11-12,21H2,1-2H3,(H,24,26)/t13-,15+/m0/s1. The van der Waals surface area contributed by atoms with Gasteiger partial charge in [-0.2, -0.15) is 0 Å². The number of nitrogens with one attached hydrogen (secondary N) is 1. The number of hydrogen-bond donors (Lipinski definition) is 2. The molecule has 3 N–H and O–H groups in total. The van der Waals surface area contributed by atoms with Crippen molar-refractivity contribution in [3.8, 4) is 0 Å². The number of piperidine rings is 1. The summed E-state index contributed by atoms with van der Waals surface area (Å²) < 4.78 is 0. The van der Waals surface area contributed by atoms with Crippen molar-refractivity contribution in [1.29, 1.82) is 0 Å². The average molecular weight is 353 g/mol. The van der Waals surface area contributed by atoms with E-state index in [-0.39, 0.29) is 17.5 Å². The van der Waals surface area contributed by atoms with Crippen LogP contribution in [0.5, 0.6) is 0 Å². The minimum Gasteiger partial charge on any atom is -0.367 e. The number of carbonyl (C=O) groups is 1. The SMILES string of the molecule is Cc1ncc(N2C[C@@H](C)C[C@@H](NC(=O)CC3(N)CC3)C2)c2cccnc12. The van der Waals surface area contributed by atoms with E-state index >= 15 is 0 Å². The third-order valence-corrected chi connectivity index (χ3v) is 5.58. The first-order valence-electron chi connectivity index (χ1n) is 9.47. The van der Waals surface area contributed by atoms with Crippen LogP contribution >= 0.6 is 0 Å².